The molecule has 6 heteroatoms. The first-order valence-corrected chi connectivity index (χ1v) is 6.49. The van der Waals surface area contributed by atoms with Crippen LogP contribution in [0.5, 0.6) is 0 Å². The molecule has 1 heterocycles. The van der Waals surface area contributed by atoms with Gasteiger partial charge >= 0.3 is 0 Å². The number of aromatic nitrogens is 2. The fourth-order valence-corrected chi connectivity index (χ4v) is 1.96. The maximum atomic E-state index is 5.71. The molecule has 3 N–H and O–H groups in total. The lowest BCUT2D eigenvalue weighted by Crippen LogP contribution is -2.18. The molecule has 0 aliphatic heterocycles. The summed E-state index contributed by atoms with van der Waals surface area (Å²) < 4.78 is 7.26. The van der Waals surface area contributed by atoms with Crippen LogP contribution in [-0.4, -0.2) is 34.5 Å². The normalized spacial score (nSPS) is 10.9. The van der Waals surface area contributed by atoms with E-state index in [0.717, 1.165) is 23.7 Å². The average molecular weight is 270 g/mol. The standard InChI is InChI=1S/C12H22N4OS/c1-8(2)7-17-6-5-14-12-10(11(13)18)9(3)15-16(12)4/h8,14H,5-7H2,1-4H3,(H2,13,18). The minimum atomic E-state index is 0.367. The van der Waals surface area contributed by atoms with Crippen LogP contribution in [0.3, 0.4) is 0 Å². The van der Waals surface area contributed by atoms with Crippen molar-refractivity contribution >= 4 is 23.0 Å². The topological polar surface area (TPSA) is 65.1 Å². The van der Waals surface area contributed by atoms with E-state index in [1.165, 1.54) is 0 Å². The monoisotopic (exact) mass is 270 g/mol. The van der Waals surface area contributed by atoms with Crippen molar-refractivity contribution in [3.05, 3.63) is 11.3 Å². The van der Waals surface area contributed by atoms with Gasteiger partial charge in [-0.1, -0.05) is 26.1 Å². The number of nitrogens with two attached hydrogens (primary N) is 1. The van der Waals surface area contributed by atoms with Gasteiger partial charge in [-0.2, -0.15) is 5.10 Å². The number of anilines is 1. The Bertz CT molecular complexity index is 414. The second-order valence-electron chi connectivity index (χ2n) is 4.69. The van der Waals surface area contributed by atoms with Crippen molar-refractivity contribution in [2.24, 2.45) is 18.7 Å². The van der Waals surface area contributed by atoms with Gasteiger partial charge in [0, 0.05) is 20.2 Å². The van der Waals surface area contributed by atoms with Gasteiger partial charge in [0.1, 0.15) is 10.8 Å². The number of aryl methyl sites for hydroxylation is 2. The number of thiocarbonyl (C=S) groups is 1. The molecule has 0 radical (unpaired) electrons. The van der Waals surface area contributed by atoms with Crippen LogP contribution in [-0.2, 0) is 11.8 Å². The molecule has 1 aromatic heterocycles. The minimum Gasteiger partial charge on any atom is -0.389 e. The lowest BCUT2D eigenvalue weighted by Gasteiger charge is -2.10. The van der Waals surface area contributed by atoms with Gasteiger partial charge in [0.25, 0.3) is 0 Å². The van der Waals surface area contributed by atoms with E-state index in [1.54, 1.807) is 4.68 Å². The first-order valence-electron chi connectivity index (χ1n) is 6.08. The SMILES string of the molecule is Cc1nn(C)c(NCCOCC(C)C)c1C(N)=S. The lowest BCUT2D eigenvalue weighted by molar-refractivity contribution is 0.118. The van der Waals surface area contributed by atoms with E-state index in [9.17, 15) is 0 Å². The minimum absolute atomic E-state index is 0.367. The first kappa shape index (κ1) is 14.9. The Morgan fingerprint density at radius 1 is 1.56 bits per heavy atom. The van der Waals surface area contributed by atoms with Gasteiger partial charge in [-0.3, -0.25) is 4.68 Å². The number of hydrogen-bond acceptors (Lipinski definition) is 4. The highest BCUT2D eigenvalue weighted by molar-refractivity contribution is 7.80. The highest BCUT2D eigenvalue weighted by atomic mass is 32.1. The van der Waals surface area contributed by atoms with Crippen LogP contribution >= 0.6 is 12.2 Å². The van der Waals surface area contributed by atoms with Crippen LogP contribution in [0.15, 0.2) is 0 Å². The number of ether oxygens (including phenoxy) is 1. The zero-order chi connectivity index (χ0) is 13.7. The molecule has 18 heavy (non-hydrogen) atoms. The maximum absolute atomic E-state index is 5.71. The summed E-state index contributed by atoms with van der Waals surface area (Å²) in [6.45, 7) is 8.29. The Hall–Kier alpha value is -1.14. The quantitative estimate of drug-likeness (QED) is 0.580. The molecule has 1 rings (SSSR count). The van der Waals surface area contributed by atoms with Crippen molar-refractivity contribution in [2.75, 3.05) is 25.1 Å². The number of nitrogens with one attached hydrogen (secondary N) is 1. The molecule has 1 aromatic rings. The molecule has 0 saturated carbocycles. The largest absolute Gasteiger partial charge is 0.389 e. The second kappa shape index (κ2) is 6.70. The molecule has 0 amide bonds. The van der Waals surface area contributed by atoms with Crippen LogP contribution in [0.4, 0.5) is 5.82 Å². The second-order valence-corrected chi connectivity index (χ2v) is 5.13. The van der Waals surface area contributed by atoms with E-state index in [0.29, 0.717) is 24.1 Å². The van der Waals surface area contributed by atoms with Gasteiger partial charge < -0.3 is 15.8 Å². The van der Waals surface area contributed by atoms with Crippen LogP contribution in [0.25, 0.3) is 0 Å². The Kier molecular flexibility index (Phi) is 5.55. The number of rotatable bonds is 7. The average Bonchev–Trinajstić information content (AvgIpc) is 2.52. The molecular formula is C12H22N4OS. The molecule has 0 aliphatic rings. The fourth-order valence-electron chi connectivity index (χ4n) is 1.72. The van der Waals surface area contributed by atoms with Crippen molar-refractivity contribution in [3.63, 3.8) is 0 Å². The zero-order valence-electron chi connectivity index (χ0n) is 11.5. The molecule has 5 nitrogen and oxygen atoms in total. The fraction of sp³-hybridized carbons (Fsp3) is 0.667. The Balaban J connectivity index is 2.54. The Morgan fingerprint density at radius 3 is 2.78 bits per heavy atom. The van der Waals surface area contributed by atoms with Crippen molar-refractivity contribution < 1.29 is 4.74 Å². The molecule has 0 aliphatic carbocycles. The molecule has 102 valence electrons. The molecule has 0 saturated heterocycles. The van der Waals surface area contributed by atoms with Crippen molar-refractivity contribution in [1.82, 2.24) is 9.78 Å². The molecule has 0 aromatic carbocycles. The summed E-state index contributed by atoms with van der Waals surface area (Å²) >= 11 is 5.04. The van der Waals surface area contributed by atoms with Crippen LogP contribution in [0, 0.1) is 12.8 Å². The third kappa shape index (κ3) is 3.96. The highest BCUT2D eigenvalue weighted by Crippen LogP contribution is 2.18. The number of nitrogens with zero attached hydrogens (tertiary/aromatic N) is 2. The zero-order valence-corrected chi connectivity index (χ0v) is 12.3. The van der Waals surface area contributed by atoms with Gasteiger partial charge in [-0.05, 0) is 12.8 Å². The molecule has 0 unspecified atom stereocenters. The Morgan fingerprint density at radius 2 is 2.22 bits per heavy atom. The van der Waals surface area contributed by atoms with Gasteiger partial charge in [-0.15, -0.1) is 0 Å². The lowest BCUT2D eigenvalue weighted by atomic mass is 10.2. The van der Waals surface area contributed by atoms with Crippen molar-refractivity contribution in [2.45, 2.75) is 20.8 Å². The summed E-state index contributed by atoms with van der Waals surface area (Å²) in [5.41, 5.74) is 7.36. The summed E-state index contributed by atoms with van der Waals surface area (Å²) in [6.07, 6.45) is 0. The molecule has 0 atom stereocenters. The van der Waals surface area contributed by atoms with E-state index >= 15 is 0 Å². The third-order valence-electron chi connectivity index (χ3n) is 2.46. The third-order valence-corrected chi connectivity index (χ3v) is 2.66. The van der Waals surface area contributed by atoms with Gasteiger partial charge in [0.15, 0.2) is 0 Å². The maximum Gasteiger partial charge on any atom is 0.134 e. The Labute approximate surface area is 114 Å². The summed E-state index contributed by atoms with van der Waals surface area (Å²) in [6, 6.07) is 0. The highest BCUT2D eigenvalue weighted by Gasteiger charge is 2.14. The van der Waals surface area contributed by atoms with E-state index in [2.05, 4.69) is 24.3 Å². The van der Waals surface area contributed by atoms with Gasteiger partial charge in [0.05, 0.1) is 17.9 Å². The molecule has 0 bridgehead atoms. The van der Waals surface area contributed by atoms with E-state index in [1.807, 2.05) is 14.0 Å². The van der Waals surface area contributed by atoms with Gasteiger partial charge in [0.2, 0.25) is 0 Å². The number of hydrogen-bond donors (Lipinski definition) is 2. The van der Waals surface area contributed by atoms with E-state index in [4.69, 9.17) is 22.7 Å². The molecule has 0 spiro atoms. The van der Waals surface area contributed by atoms with Crippen molar-refractivity contribution in [1.29, 1.82) is 0 Å². The van der Waals surface area contributed by atoms with Gasteiger partial charge in [-0.25, -0.2) is 0 Å². The predicted molar refractivity (Wildman–Crippen MR) is 78.0 cm³/mol. The summed E-state index contributed by atoms with van der Waals surface area (Å²) in [7, 11) is 1.87. The summed E-state index contributed by atoms with van der Waals surface area (Å²) in [4.78, 5) is 0.367. The van der Waals surface area contributed by atoms with Crippen molar-refractivity contribution in [3.8, 4) is 0 Å². The molecular weight excluding hydrogens is 248 g/mol. The summed E-state index contributed by atoms with van der Waals surface area (Å²) in [5, 5.41) is 7.57. The van der Waals surface area contributed by atoms with E-state index in [-0.39, 0.29) is 0 Å². The van der Waals surface area contributed by atoms with Crippen LogP contribution in [0.2, 0.25) is 0 Å². The van der Waals surface area contributed by atoms with E-state index < -0.39 is 0 Å². The smallest absolute Gasteiger partial charge is 0.134 e. The molecule has 0 fully saturated rings. The summed E-state index contributed by atoms with van der Waals surface area (Å²) in [5.74, 6) is 1.41. The first-order chi connectivity index (χ1) is 8.43. The van der Waals surface area contributed by atoms with Crippen LogP contribution < -0.4 is 11.1 Å². The van der Waals surface area contributed by atoms with Crippen LogP contribution in [0.1, 0.15) is 25.1 Å². The predicted octanol–water partition coefficient (Wildman–Crippen LogP) is 1.45.